The highest BCUT2D eigenvalue weighted by atomic mass is 16.5. The van der Waals surface area contributed by atoms with E-state index in [0.717, 1.165) is 17.7 Å². The van der Waals surface area contributed by atoms with Gasteiger partial charge in [0.25, 0.3) is 0 Å². The molecule has 0 aromatic carbocycles. The highest BCUT2D eigenvalue weighted by Crippen LogP contribution is 2.28. The summed E-state index contributed by atoms with van der Waals surface area (Å²) in [5, 5.41) is 2.23. The predicted octanol–water partition coefficient (Wildman–Crippen LogP) is 0.658. The van der Waals surface area contributed by atoms with Gasteiger partial charge in [-0.3, -0.25) is 19.8 Å². The molecule has 2 saturated heterocycles. The van der Waals surface area contributed by atoms with Gasteiger partial charge in [-0.05, 0) is 33.6 Å². The molecule has 18 heavy (non-hydrogen) atoms. The van der Waals surface area contributed by atoms with Crippen LogP contribution in [0.1, 0.15) is 33.6 Å². The van der Waals surface area contributed by atoms with E-state index in [2.05, 4.69) is 5.32 Å². The zero-order valence-electron chi connectivity index (χ0n) is 10.9. The number of imide groups is 2. The summed E-state index contributed by atoms with van der Waals surface area (Å²) < 4.78 is 5.50. The summed E-state index contributed by atoms with van der Waals surface area (Å²) in [6.07, 6.45) is 1.62. The van der Waals surface area contributed by atoms with Gasteiger partial charge in [0, 0.05) is 6.61 Å². The first-order valence-electron chi connectivity index (χ1n) is 6.16. The number of ether oxygens (including phenoxy) is 1. The fraction of sp³-hybridized carbons (Fsp3) is 0.750. The zero-order valence-corrected chi connectivity index (χ0v) is 10.9. The average molecular weight is 254 g/mol. The quantitative estimate of drug-likeness (QED) is 0.734. The fourth-order valence-corrected chi connectivity index (χ4v) is 2.32. The van der Waals surface area contributed by atoms with Crippen molar-refractivity contribution < 1.29 is 19.1 Å². The standard InChI is InChI=1S/C12H18N2O4/c1-7(8-5-4-6-18-8)14-10(16)12(2,3)9(15)13-11(14)17/h7-8H,4-6H2,1-3H3,(H,13,15,17). The average Bonchev–Trinajstić information content (AvgIpc) is 2.80. The number of hydrogen-bond donors (Lipinski definition) is 1. The van der Waals surface area contributed by atoms with Crippen LogP contribution in [-0.2, 0) is 14.3 Å². The van der Waals surface area contributed by atoms with Gasteiger partial charge in [-0.15, -0.1) is 0 Å². The molecule has 2 fully saturated rings. The van der Waals surface area contributed by atoms with E-state index in [9.17, 15) is 14.4 Å². The van der Waals surface area contributed by atoms with Crippen LogP contribution in [0.3, 0.4) is 0 Å². The third-order valence-electron chi connectivity index (χ3n) is 3.67. The Morgan fingerprint density at radius 3 is 2.61 bits per heavy atom. The second-order valence-corrected chi connectivity index (χ2v) is 5.35. The monoisotopic (exact) mass is 254 g/mol. The molecular formula is C12H18N2O4. The Morgan fingerprint density at radius 1 is 1.39 bits per heavy atom. The summed E-state index contributed by atoms with van der Waals surface area (Å²) in [5.74, 6) is -1.01. The van der Waals surface area contributed by atoms with Crippen molar-refractivity contribution >= 4 is 17.8 Å². The highest BCUT2D eigenvalue weighted by Gasteiger charge is 2.49. The molecule has 6 nitrogen and oxygen atoms in total. The molecule has 2 atom stereocenters. The van der Waals surface area contributed by atoms with Gasteiger partial charge in [-0.2, -0.15) is 0 Å². The Morgan fingerprint density at radius 2 is 2.06 bits per heavy atom. The van der Waals surface area contributed by atoms with E-state index in [1.54, 1.807) is 6.92 Å². The molecule has 2 aliphatic heterocycles. The Hall–Kier alpha value is -1.43. The molecule has 0 saturated carbocycles. The van der Waals surface area contributed by atoms with Crippen molar-refractivity contribution in [1.82, 2.24) is 10.2 Å². The second-order valence-electron chi connectivity index (χ2n) is 5.35. The first-order valence-corrected chi connectivity index (χ1v) is 6.16. The van der Waals surface area contributed by atoms with Gasteiger partial charge in [0.05, 0.1) is 12.1 Å². The van der Waals surface area contributed by atoms with Gasteiger partial charge < -0.3 is 4.74 Å². The van der Waals surface area contributed by atoms with Crippen molar-refractivity contribution in [3.05, 3.63) is 0 Å². The van der Waals surface area contributed by atoms with Gasteiger partial charge in [0.2, 0.25) is 11.8 Å². The van der Waals surface area contributed by atoms with E-state index >= 15 is 0 Å². The number of nitrogens with zero attached hydrogens (tertiary/aromatic N) is 1. The summed E-state index contributed by atoms with van der Waals surface area (Å²) in [7, 11) is 0. The van der Waals surface area contributed by atoms with Crippen LogP contribution in [0.15, 0.2) is 0 Å². The van der Waals surface area contributed by atoms with Crippen molar-refractivity contribution in [2.75, 3.05) is 6.61 Å². The van der Waals surface area contributed by atoms with Crippen molar-refractivity contribution in [1.29, 1.82) is 0 Å². The molecular weight excluding hydrogens is 236 g/mol. The van der Waals surface area contributed by atoms with E-state index < -0.39 is 23.3 Å². The molecule has 0 aliphatic carbocycles. The van der Waals surface area contributed by atoms with E-state index in [1.165, 1.54) is 13.8 Å². The maximum Gasteiger partial charge on any atom is 0.331 e. The molecule has 0 aromatic rings. The van der Waals surface area contributed by atoms with Gasteiger partial charge in [-0.25, -0.2) is 4.79 Å². The predicted molar refractivity (Wildman–Crippen MR) is 62.6 cm³/mol. The van der Waals surface area contributed by atoms with Crippen LogP contribution in [0.4, 0.5) is 4.79 Å². The number of carbonyl (C=O) groups is 3. The van der Waals surface area contributed by atoms with Crippen LogP contribution in [0.2, 0.25) is 0 Å². The minimum Gasteiger partial charge on any atom is -0.376 e. The normalized spacial score (nSPS) is 29.4. The Balaban J connectivity index is 2.23. The number of nitrogens with one attached hydrogen (secondary N) is 1. The number of barbiturate groups is 1. The lowest BCUT2D eigenvalue weighted by molar-refractivity contribution is -0.152. The lowest BCUT2D eigenvalue weighted by atomic mass is 9.87. The van der Waals surface area contributed by atoms with Gasteiger partial charge in [0.15, 0.2) is 0 Å². The number of rotatable bonds is 2. The maximum atomic E-state index is 12.3. The summed E-state index contributed by atoms with van der Waals surface area (Å²) in [5.41, 5.74) is -1.21. The van der Waals surface area contributed by atoms with E-state index in [1.807, 2.05) is 0 Å². The minimum absolute atomic E-state index is 0.135. The molecule has 4 amide bonds. The van der Waals surface area contributed by atoms with Crippen LogP contribution >= 0.6 is 0 Å². The molecule has 0 bridgehead atoms. The van der Waals surface area contributed by atoms with Crippen LogP contribution in [0.5, 0.6) is 0 Å². The van der Waals surface area contributed by atoms with Crippen molar-refractivity contribution in [3.8, 4) is 0 Å². The van der Waals surface area contributed by atoms with Crippen molar-refractivity contribution in [2.45, 2.75) is 45.8 Å². The maximum absolute atomic E-state index is 12.3. The van der Waals surface area contributed by atoms with Gasteiger partial charge in [-0.1, -0.05) is 0 Å². The molecule has 2 unspecified atom stereocenters. The third kappa shape index (κ3) is 1.90. The third-order valence-corrected chi connectivity index (χ3v) is 3.67. The fourth-order valence-electron chi connectivity index (χ4n) is 2.32. The largest absolute Gasteiger partial charge is 0.376 e. The topological polar surface area (TPSA) is 75.7 Å². The molecule has 6 heteroatoms. The Labute approximate surface area is 106 Å². The van der Waals surface area contributed by atoms with Gasteiger partial charge in [0.1, 0.15) is 5.41 Å². The van der Waals surface area contributed by atoms with E-state index in [4.69, 9.17) is 4.74 Å². The van der Waals surface area contributed by atoms with Crippen LogP contribution in [0, 0.1) is 5.41 Å². The van der Waals surface area contributed by atoms with Crippen molar-refractivity contribution in [3.63, 3.8) is 0 Å². The number of hydrogen-bond acceptors (Lipinski definition) is 4. The summed E-state index contributed by atoms with van der Waals surface area (Å²) in [6, 6.07) is -1.00. The lowest BCUT2D eigenvalue weighted by Gasteiger charge is -2.39. The van der Waals surface area contributed by atoms with Crippen LogP contribution in [-0.4, -0.2) is 41.5 Å². The van der Waals surface area contributed by atoms with E-state index in [0.29, 0.717) is 6.61 Å². The number of carbonyl (C=O) groups excluding carboxylic acids is 3. The molecule has 2 heterocycles. The zero-order chi connectivity index (χ0) is 13.5. The van der Waals surface area contributed by atoms with Gasteiger partial charge >= 0.3 is 6.03 Å². The second kappa shape index (κ2) is 4.35. The first-order chi connectivity index (χ1) is 8.35. The number of amides is 4. The smallest absolute Gasteiger partial charge is 0.331 e. The highest BCUT2D eigenvalue weighted by molar-refractivity contribution is 6.18. The minimum atomic E-state index is -1.21. The first kappa shape index (κ1) is 13.0. The molecule has 2 aliphatic rings. The van der Waals surface area contributed by atoms with Crippen LogP contribution in [0.25, 0.3) is 0 Å². The lowest BCUT2D eigenvalue weighted by Crippen LogP contribution is -2.65. The van der Waals surface area contributed by atoms with E-state index in [-0.39, 0.29) is 12.1 Å². The molecule has 0 aromatic heterocycles. The van der Waals surface area contributed by atoms with Crippen LogP contribution < -0.4 is 5.32 Å². The summed E-state index contributed by atoms with van der Waals surface area (Å²) in [4.78, 5) is 36.8. The number of urea groups is 1. The molecule has 0 radical (unpaired) electrons. The Bertz CT molecular complexity index is 399. The molecule has 1 N–H and O–H groups in total. The Kier molecular flexibility index (Phi) is 3.14. The van der Waals surface area contributed by atoms with Crippen molar-refractivity contribution in [2.24, 2.45) is 5.41 Å². The molecule has 0 spiro atoms. The SMILES string of the molecule is CC(C1CCCO1)N1C(=O)NC(=O)C(C)(C)C1=O. The summed E-state index contributed by atoms with van der Waals surface area (Å²) >= 11 is 0. The summed E-state index contributed by atoms with van der Waals surface area (Å²) in [6.45, 7) is 5.47. The molecule has 100 valence electrons. The molecule has 2 rings (SSSR count).